The summed E-state index contributed by atoms with van der Waals surface area (Å²) in [4.78, 5) is 64.4. The molecule has 0 radical (unpaired) electrons. The van der Waals surface area contributed by atoms with Crippen LogP contribution in [0.1, 0.15) is 160 Å². The van der Waals surface area contributed by atoms with Crippen LogP contribution in [0, 0.1) is 0 Å². The maximum absolute atomic E-state index is 15.0. The van der Waals surface area contributed by atoms with E-state index < -0.39 is 11.8 Å². The highest BCUT2D eigenvalue weighted by Crippen LogP contribution is 2.49. The Kier molecular flexibility index (Phi) is 18.4. The van der Waals surface area contributed by atoms with Crippen LogP contribution in [0.2, 0.25) is 0 Å². The topological polar surface area (TPSA) is 313 Å². The van der Waals surface area contributed by atoms with Gasteiger partial charge < -0.3 is 64.6 Å². The summed E-state index contributed by atoms with van der Waals surface area (Å²) in [6, 6.07) is 14.7. The highest BCUT2D eigenvalue weighted by Gasteiger charge is 2.36. The second-order valence-corrected chi connectivity index (χ2v) is 27.5. The number of pyridine rings is 1. The molecule has 0 unspecified atom stereocenters. The Morgan fingerprint density at radius 1 is 0.574 bits per heavy atom. The predicted molar refractivity (Wildman–Crippen MR) is 355 cm³/mol. The molecule has 0 atom stereocenters. The van der Waals surface area contributed by atoms with Crippen LogP contribution in [-0.2, 0) is 38.9 Å². The molecule has 3 aliphatic rings. The average molecular weight is 1320 g/mol. The molecule has 0 aliphatic carbocycles. The Bertz CT molecular complexity index is 4390. The number of carbonyl (C=O) groups excluding carboxylic acids is 3. The molecule has 0 saturated heterocycles. The van der Waals surface area contributed by atoms with Crippen LogP contribution in [-0.4, -0.2) is 153 Å². The number of fused-ring (bicyclic) bond motifs is 3. The van der Waals surface area contributed by atoms with Crippen molar-refractivity contribution in [3.63, 3.8) is 0 Å². The highest BCUT2D eigenvalue weighted by atomic mass is 32.1. The summed E-state index contributed by atoms with van der Waals surface area (Å²) in [5.74, 6) is -2.03. The van der Waals surface area contributed by atoms with E-state index in [0.29, 0.717) is 109 Å². The number of aromatic nitrogens is 5. The first kappa shape index (κ1) is 64.9. The molecule has 0 fully saturated rings. The third-order valence-electron chi connectivity index (χ3n) is 17.8. The number of hydrogen-bond donors (Lipinski definition) is 8. The summed E-state index contributed by atoms with van der Waals surface area (Å²) in [7, 11) is 2.08. The number of thiazole rings is 1. The molecule has 3 aromatic carbocycles. The highest BCUT2D eigenvalue weighted by molar-refractivity contribution is 7.16. The quantitative estimate of drug-likeness (QED) is 0.0329. The molecule has 0 spiro atoms. The number of thiophene rings is 1. The Hall–Kier alpha value is -9.14. The monoisotopic (exact) mass is 1320 g/mol. The maximum Gasteiger partial charge on any atom is 0.277 e. The molecule has 3 aliphatic heterocycles. The Balaban J connectivity index is 0.764. The van der Waals surface area contributed by atoms with Crippen LogP contribution in [0.15, 0.2) is 68.2 Å². The first-order valence-corrected chi connectivity index (χ1v) is 33.5. The van der Waals surface area contributed by atoms with Gasteiger partial charge in [0, 0.05) is 110 Å². The van der Waals surface area contributed by atoms with Gasteiger partial charge in [0.2, 0.25) is 0 Å². The second-order valence-electron chi connectivity index (χ2n) is 25.3. The van der Waals surface area contributed by atoms with E-state index >= 15 is 4.79 Å². The van der Waals surface area contributed by atoms with Gasteiger partial charge in [-0.2, -0.15) is 0 Å². The van der Waals surface area contributed by atoms with E-state index in [9.17, 15) is 40.2 Å². The Morgan fingerprint density at radius 3 is 1.72 bits per heavy atom. The number of rotatable bonds is 20. The molecule has 8 N–H and O–H groups in total. The SMILES string of the molecule is CCNC(=O)c1noc(-c2cc(C(C)C)c(O)cc2O)c1-c1ccc2c(n1)CCN(CCCNC(=O)c1noc(-c3cc(C(C)C)c(O)cc3O)c1-c1nc3c(s1)CCN(CN(CC)C(=O)c1noc(-c4cc(C(C)C)c(O)cc4O)c1-c1cc4c(s1)CCN(C)C4)C3)C2. The Labute approximate surface area is 551 Å². The van der Waals surface area contributed by atoms with E-state index in [0.717, 1.165) is 51.8 Å². The van der Waals surface area contributed by atoms with Gasteiger partial charge in [0.05, 0.1) is 51.4 Å². The first-order chi connectivity index (χ1) is 45.1. The van der Waals surface area contributed by atoms with Crippen LogP contribution >= 0.6 is 22.7 Å². The fourth-order valence-electron chi connectivity index (χ4n) is 12.7. The van der Waals surface area contributed by atoms with E-state index in [2.05, 4.69) is 53.9 Å². The molecule has 23 nitrogen and oxygen atoms in total. The summed E-state index contributed by atoms with van der Waals surface area (Å²) in [5.41, 5.74) is 7.92. The number of nitrogens with one attached hydrogen (secondary N) is 2. The number of amides is 3. The number of phenolic OH excluding ortho intramolecular Hbond substituents is 6. The molecule has 0 saturated carbocycles. The third kappa shape index (κ3) is 12.6. The smallest absolute Gasteiger partial charge is 0.277 e. The van der Waals surface area contributed by atoms with Gasteiger partial charge in [0.25, 0.3) is 17.7 Å². The van der Waals surface area contributed by atoms with Crippen molar-refractivity contribution in [2.45, 2.75) is 118 Å². The standard InChI is InChI=1S/C69H77N11O12S2/c1-10-70-66(87)60-57(63(90-74-60)42-24-39(34(3)4)48(81)27-51(42)84)46-14-13-37-31-78(21-15-45(37)72-46)19-12-18-71-67(88)61-59(65(92-75-61)44-26-41(36(7)8)50(83)29-53(44)86)68-73-47-32-79(22-17-55(47)94-68)33-80(11-2)69(89)62-58(56-23-38-30-77(9)20-16-54(38)93-56)64(91-76-62)43-25-40(35(5)6)49(82)28-52(43)85/h13-14,23-29,34-36,81-86H,10-12,15-22,30-33H2,1-9H3,(H,70,87)(H,71,88). The van der Waals surface area contributed by atoms with Crippen LogP contribution in [0.4, 0.5) is 0 Å². The average Bonchev–Trinajstić information content (AvgIpc) is 1.60. The second kappa shape index (κ2) is 26.7. The van der Waals surface area contributed by atoms with E-state index in [-0.39, 0.29) is 122 Å². The van der Waals surface area contributed by atoms with Gasteiger partial charge in [0.1, 0.15) is 39.5 Å². The fraction of sp³-hybridized carbons (Fsp3) is 0.391. The van der Waals surface area contributed by atoms with Crippen molar-refractivity contribution in [3.05, 3.63) is 121 Å². The molecule has 492 valence electrons. The lowest BCUT2D eigenvalue weighted by atomic mass is 9.95. The molecular formula is C69H77N11O12S2. The lowest BCUT2D eigenvalue weighted by Crippen LogP contribution is -2.43. The third-order valence-corrected chi connectivity index (χ3v) is 20.2. The zero-order chi connectivity index (χ0) is 66.5. The van der Waals surface area contributed by atoms with Crippen molar-refractivity contribution < 1.29 is 58.6 Å². The summed E-state index contributed by atoms with van der Waals surface area (Å²) < 4.78 is 17.9. The normalized spacial score (nSPS) is 14.4. The van der Waals surface area contributed by atoms with Gasteiger partial charge in [-0.05, 0) is 116 Å². The zero-order valence-electron chi connectivity index (χ0n) is 54.0. The first-order valence-electron chi connectivity index (χ1n) is 31.9. The molecule has 6 aromatic heterocycles. The predicted octanol–water partition coefficient (Wildman–Crippen LogP) is 11.6. The van der Waals surface area contributed by atoms with Gasteiger partial charge in [-0.3, -0.25) is 29.2 Å². The van der Waals surface area contributed by atoms with E-state index in [1.807, 2.05) is 60.6 Å². The van der Waals surface area contributed by atoms with Crippen molar-refractivity contribution in [2.75, 3.05) is 59.5 Å². The van der Waals surface area contributed by atoms with Crippen LogP contribution in [0.25, 0.3) is 66.2 Å². The van der Waals surface area contributed by atoms with Gasteiger partial charge in [-0.25, -0.2) is 4.98 Å². The van der Waals surface area contributed by atoms with Crippen molar-refractivity contribution in [1.29, 1.82) is 0 Å². The molecule has 25 heteroatoms. The largest absolute Gasteiger partial charge is 0.508 e. The molecule has 3 amide bonds. The molecule has 0 bridgehead atoms. The van der Waals surface area contributed by atoms with Gasteiger partial charge in [-0.15, -0.1) is 22.7 Å². The fourth-order valence-corrected chi connectivity index (χ4v) is 15.0. The Morgan fingerprint density at radius 2 is 1.13 bits per heavy atom. The number of aromatic hydroxyl groups is 6. The molecule has 9 aromatic rings. The van der Waals surface area contributed by atoms with E-state index in [1.54, 1.807) is 41.4 Å². The summed E-state index contributed by atoms with van der Waals surface area (Å²) in [5, 5.41) is 85.3. The molecule has 9 heterocycles. The van der Waals surface area contributed by atoms with Crippen molar-refractivity contribution >= 4 is 40.4 Å². The van der Waals surface area contributed by atoms with Crippen molar-refractivity contribution in [2.24, 2.45) is 0 Å². The lowest BCUT2D eigenvalue weighted by Gasteiger charge is -2.31. The van der Waals surface area contributed by atoms with Crippen LogP contribution in [0.5, 0.6) is 34.5 Å². The number of nitrogens with zero attached hydrogens (tertiary/aromatic N) is 9. The number of likely N-dealkylation sites (N-methyl/N-ethyl adjacent to an activating group) is 1. The molecule has 94 heavy (non-hydrogen) atoms. The summed E-state index contributed by atoms with van der Waals surface area (Å²) >= 11 is 2.99. The minimum atomic E-state index is -0.507. The van der Waals surface area contributed by atoms with Crippen molar-refractivity contribution in [1.82, 2.24) is 55.7 Å². The van der Waals surface area contributed by atoms with Gasteiger partial charge in [-0.1, -0.05) is 63.1 Å². The van der Waals surface area contributed by atoms with Crippen LogP contribution < -0.4 is 10.6 Å². The van der Waals surface area contributed by atoms with Crippen LogP contribution in [0.3, 0.4) is 0 Å². The minimum Gasteiger partial charge on any atom is -0.508 e. The minimum absolute atomic E-state index is 0.0195. The molecular weight excluding hydrogens is 1240 g/mol. The number of benzene rings is 3. The number of phenols is 6. The lowest BCUT2D eigenvalue weighted by molar-refractivity contribution is 0.0605. The number of carbonyl (C=O) groups is 3. The maximum atomic E-state index is 15.0. The summed E-state index contributed by atoms with van der Waals surface area (Å²) in [6.07, 6.45) is 2.58. The number of hydrogen-bond acceptors (Lipinski definition) is 22. The van der Waals surface area contributed by atoms with Gasteiger partial charge in [0.15, 0.2) is 34.4 Å². The summed E-state index contributed by atoms with van der Waals surface area (Å²) in [6.45, 7) is 20.9. The van der Waals surface area contributed by atoms with Crippen molar-refractivity contribution in [3.8, 4) is 101 Å². The van der Waals surface area contributed by atoms with E-state index in [1.165, 1.54) is 34.4 Å². The van der Waals surface area contributed by atoms with Gasteiger partial charge >= 0.3 is 0 Å². The van der Waals surface area contributed by atoms with E-state index in [4.69, 9.17) is 23.5 Å². The molecule has 12 rings (SSSR count). The zero-order valence-corrected chi connectivity index (χ0v) is 55.6.